The Morgan fingerprint density at radius 3 is 2.94 bits per heavy atom. The van der Waals surface area contributed by atoms with Crippen molar-refractivity contribution in [2.75, 3.05) is 12.4 Å². The summed E-state index contributed by atoms with van der Waals surface area (Å²) >= 11 is 3.22. The summed E-state index contributed by atoms with van der Waals surface area (Å²) in [7, 11) is 1.45. The second-order valence-corrected chi connectivity index (χ2v) is 3.51. The van der Waals surface area contributed by atoms with Crippen molar-refractivity contribution >= 4 is 21.6 Å². The molecular weight excluding hydrogens is 276 g/mol. The molecule has 0 radical (unpaired) electrons. The molecule has 0 fully saturated rings. The van der Waals surface area contributed by atoms with Gasteiger partial charge >= 0.3 is 5.69 Å². The number of alkyl halides is 1. The Balaban J connectivity index is 3.11. The van der Waals surface area contributed by atoms with Gasteiger partial charge in [0.05, 0.1) is 12.0 Å². The van der Waals surface area contributed by atoms with Crippen molar-refractivity contribution in [3.63, 3.8) is 0 Å². The minimum Gasteiger partial charge on any atom is -0.481 e. The molecular formula is C10H9BrN2O3. The number of hydrogen-bond donors (Lipinski definition) is 0. The third-order valence-electron chi connectivity index (χ3n) is 1.68. The Kier molecular flexibility index (Phi) is 4.73. The number of hydrogen-bond acceptors (Lipinski definition) is 4. The van der Waals surface area contributed by atoms with E-state index in [0.717, 1.165) is 5.33 Å². The fourth-order valence-corrected chi connectivity index (χ4v) is 1.18. The second kappa shape index (κ2) is 6.08. The first-order chi connectivity index (χ1) is 7.69. The summed E-state index contributed by atoms with van der Waals surface area (Å²) in [5.74, 6) is 5.75. The molecule has 0 saturated heterocycles. The highest BCUT2D eigenvalue weighted by atomic mass is 79.9. The van der Waals surface area contributed by atoms with Gasteiger partial charge in [-0.2, -0.15) is 4.98 Å². The molecule has 0 aliphatic carbocycles. The number of aromatic nitrogens is 1. The molecule has 0 N–H and O–H groups in total. The zero-order valence-corrected chi connectivity index (χ0v) is 10.2. The standard InChI is InChI=1S/C10H9BrN2O3/c1-16-10-6-5-9(13(14)15)8(12-10)4-2-3-7-11/h5-6H,3,7H2,1H3. The highest BCUT2D eigenvalue weighted by Gasteiger charge is 2.14. The van der Waals surface area contributed by atoms with Crippen molar-refractivity contribution in [1.82, 2.24) is 4.98 Å². The number of ether oxygens (including phenoxy) is 1. The van der Waals surface area contributed by atoms with E-state index in [4.69, 9.17) is 4.74 Å². The molecule has 0 aliphatic heterocycles. The molecule has 0 saturated carbocycles. The molecule has 0 bridgehead atoms. The van der Waals surface area contributed by atoms with Gasteiger partial charge in [0.2, 0.25) is 5.88 Å². The highest BCUT2D eigenvalue weighted by Crippen LogP contribution is 2.18. The lowest BCUT2D eigenvalue weighted by molar-refractivity contribution is -0.385. The molecule has 1 aromatic heterocycles. The average Bonchev–Trinajstić information content (AvgIpc) is 2.29. The molecule has 6 heteroatoms. The van der Waals surface area contributed by atoms with Crippen LogP contribution in [0.15, 0.2) is 12.1 Å². The Hall–Kier alpha value is -1.61. The molecule has 0 atom stereocenters. The number of rotatable bonds is 3. The zero-order valence-electron chi connectivity index (χ0n) is 8.57. The fraction of sp³-hybridized carbons (Fsp3) is 0.300. The molecule has 0 spiro atoms. The quantitative estimate of drug-likeness (QED) is 0.369. The maximum absolute atomic E-state index is 10.7. The summed E-state index contributed by atoms with van der Waals surface area (Å²) in [6.07, 6.45) is 0.607. The molecule has 16 heavy (non-hydrogen) atoms. The Morgan fingerprint density at radius 1 is 1.62 bits per heavy atom. The molecule has 1 rings (SSSR count). The number of pyridine rings is 1. The van der Waals surface area contributed by atoms with Gasteiger partial charge in [-0.05, 0) is 5.92 Å². The molecule has 5 nitrogen and oxygen atoms in total. The summed E-state index contributed by atoms with van der Waals surface area (Å²) in [4.78, 5) is 14.1. The number of nitrogens with zero attached hydrogens (tertiary/aromatic N) is 2. The molecule has 1 aromatic rings. The van der Waals surface area contributed by atoms with Crippen molar-refractivity contribution in [2.24, 2.45) is 0 Å². The van der Waals surface area contributed by atoms with Crippen molar-refractivity contribution in [3.8, 4) is 17.7 Å². The number of nitro groups is 1. The topological polar surface area (TPSA) is 65.3 Å². The van der Waals surface area contributed by atoms with Crippen molar-refractivity contribution in [1.29, 1.82) is 0 Å². The van der Waals surface area contributed by atoms with Crippen LogP contribution >= 0.6 is 15.9 Å². The SMILES string of the molecule is COc1ccc([N+](=O)[O-])c(C#CCCBr)n1. The highest BCUT2D eigenvalue weighted by molar-refractivity contribution is 9.09. The van der Waals surface area contributed by atoms with Crippen molar-refractivity contribution in [3.05, 3.63) is 27.9 Å². The molecule has 0 amide bonds. The number of methoxy groups -OCH3 is 1. The van der Waals surface area contributed by atoms with E-state index in [9.17, 15) is 10.1 Å². The first-order valence-electron chi connectivity index (χ1n) is 4.43. The molecule has 0 unspecified atom stereocenters. The van der Waals surface area contributed by atoms with E-state index in [1.165, 1.54) is 19.2 Å². The molecule has 1 heterocycles. The summed E-state index contributed by atoms with van der Waals surface area (Å²) in [5, 5.41) is 11.4. The van der Waals surface area contributed by atoms with Crippen LogP contribution in [-0.2, 0) is 0 Å². The lowest BCUT2D eigenvalue weighted by atomic mass is 10.3. The van der Waals surface area contributed by atoms with Gasteiger partial charge in [0.15, 0.2) is 5.69 Å². The average molecular weight is 285 g/mol. The minimum absolute atomic E-state index is 0.108. The lowest BCUT2D eigenvalue weighted by Gasteiger charge is -1.99. The Labute approximate surface area is 101 Å². The van der Waals surface area contributed by atoms with E-state index in [0.29, 0.717) is 12.3 Å². The second-order valence-electron chi connectivity index (χ2n) is 2.72. The summed E-state index contributed by atoms with van der Waals surface area (Å²) in [5.41, 5.74) is 0.0215. The molecule has 0 aliphatic rings. The third-order valence-corrected chi connectivity index (χ3v) is 2.08. The zero-order chi connectivity index (χ0) is 12.0. The van der Waals surface area contributed by atoms with Crippen LogP contribution in [0.25, 0.3) is 0 Å². The largest absolute Gasteiger partial charge is 0.481 e. The Morgan fingerprint density at radius 2 is 2.38 bits per heavy atom. The van der Waals surface area contributed by atoms with Crippen LogP contribution in [0.1, 0.15) is 12.1 Å². The van der Waals surface area contributed by atoms with E-state index >= 15 is 0 Å². The smallest absolute Gasteiger partial charge is 0.303 e. The van der Waals surface area contributed by atoms with Gasteiger partial charge in [0.25, 0.3) is 0 Å². The van der Waals surface area contributed by atoms with E-state index in [1.54, 1.807) is 0 Å². The molecule has 84 valence electrons. The van der Waals surface area contributed by atoms with E-state index in [1.807, 2.05) is 0 Å². The van der Waals surface area contributed by atoms with Crippen molar-refractivity contribution < 1.29 is 9.66 Å². The third kappa shape index (κ3) is 3.21. The van der Waals surface area contributed by atoms with Gasteiger partial charge in [-0.1, -0.05) is 21.9 Å². The van der Waals surface area contributed by atoms with E-state index in [2.05, 4.69) is 32.8 Å². The monoisotopic (exact) mass is 284 g/mol. The Bertz CT molecular complexity index is 451. The summed E-state index contributed by atoms with van der Waals surface area (Å²) < 4.78 is 4.89. The van der Waals surface area contributed by atoms with Gasteiger partial charge in [0.1, 0.15) is 0 Å². The minimum atomic E-state index is -0.509. The predicted octanol–water partition coefficient (Wildman–Crippen LogP) is 2.13. The lowest BCUT2D eigenvalue weighted by Crippen LogP contribution is -1.97. The maximum Gasteiger partial charge on any atom is 0.303 e. The fourth-order valence-electron chi connectivity index (χ4n) is 0.980. The van der Waals surface area contributed by atoms with Crippen LogP contribution in [0.3, 0.4) is 0 Å². The maximum atomic E-state index is 10.7. The van der Waals surface area contributed by atoms with E-state index < -0.39 is 4.92 Å². The van der Waals surface area contributed by atoms with Gasteiger partial charge < -0.3 is 4.74 Å². The van der Waals surface area contributed by atoms with Crippen molar-refractivity contribution in [2.45, 2.75) is 6.42 Å². The van der Waals surface area contributed by atoms with Crippen LogP contribution in [0, 0.1) is 22.0 Å². The van der Waals surface area contributed by atoms with Crippen LogP contribution in [0.2, 0.25) is 0 Å². The first kappa shape index (κ1) is 12.5. The van der Waals surface area contributed by atoms with E-state index in [-0.39, 0.29) is 11.4 Å². The van der Waals surface area contributed by atoms with Crippen LogP contribution in [0.5, 0.6) is 5.88 Å². The number of halogens is 1. The molecule has 0 aromatic carbocycles. The summed E-state index contributed by atoms with van der Waals surface area (Å²) in [6, 6.07) is 2.78. The normalized spacial score (nSPS) is 9.12. The van der Waals surface area contributed by atoms with Gasteiger partial charge in [-0.25, -0.2) is 0 Å². The van der Waals surface area contributed by atoms with Gasteiger partial charge in [-0.3, -0.25) is 10.1 Å². The predicted molar refractivity (Wildman–Crippen MR) is 62.7 cm³/mol. The first-order valence-corrected chi connectivity index (χ1v) is 5.55. The van der Waals surface area contributed by atoms with Crippen LogP contribution in [-0.4, -0.2) is 22.3 Å². The van der Waals surface area contributed by atoms with Gasteiger partial charge in [0, 0.05) is 23.9 Å². The summed E-state index contributed by atoms with van der Waals surface area (Å²) in [6.45, 7) is 0. The van der Waals surface area contributed by atoms with Gasteiger partial charge in [-0.15, -0.1) is 0 Å². The van der Waals surface area contributed by atoms with Crippen LogP contribution < -0.4 is 4.74 Å². The van der Waals surface area contributed by atoms with Crippen LogP contribution in [0.4, 0.5) is 5.69 Å².